The maximum absolute atomic E-state index is 13.4. The number of carbonyl (C=O) groups is 1. The Morgan fingerprint density at radius 1 is 1.03 bits per heavy atom. The van der Waals surface area contributed by atoms with Crippen LogP contribution >= 0.6 is 0 Å². The van der Waals surface area contributed by atoms with Gasteiger partial charge in [0.1, 0.15) is 5.82 Å². The lowest BCUT2D eigenvalue weighted by Gasteiger charge is -2.20. The van der Waals surface area contributed by atoms with Gasteiger partial charge in [0, 0.05) is 33.3 Å². The number of amides is 1. The number of imidazole rings is 1. The van der Waals surface area contributed by atoms with E-state index in [1.54, 1.807) is 33.3 Å². The van der Waals surface area contributed by atoms with Crippen molar-refractivity contribution in [3.63, 3.8) is 0 Å². The molecule has 31 heavy (non-hydrogen) atoms. The van der Waals surface area contributed by atoms with Crippen LogP contribution < -0.4 is 0 Å². The van der Waals surface area contributed by atoms with Gasteiger partial charge in [0.15, 0.2) is 0 Å². The SMILES string of the molecule is CCn1c(CN(C)S(=O)(=O)c2c(C)cc(C)cc2C)nc2cc(C(=O)N(C)C)ccc21. The fourth-order valence-electron chi connectivity index (χ4n) is 4.06. The lowest BCUT2D eigenvalue weighted by molar-refractivity contribution is 0.0827. The molecule has 166 valence electrons. The maximum Gasteiger partial charge on any atom is 0.253 e. The second-order valence-electron chi connectivity index (χ2n) is 8.16. The van der Waals surface area contributed by atoms with E-state index in [0.717, 1.165) is 22.2 Å². The summed E-state index contributed by atoms with van der Waals surface area (Å²) in [4.78, 5) is 18.9. The zero-order valence-corrected chi connectivity index (χ0v) is 20.0. The molecule has 3 aromatic rings. The Balaban J connectivity index is 2.01. The average molecular weight is 443 g/mol. The van der Waals surface area contributed by atoms with E-state index >= 15 is 0 Å². The summed E-state index contributed by atoms with van der Waals surface area (Å²) in [7, 11) is 1.30. The lowest BCUT2D eigenvalue weighted by atomic mass is 10.1. The fraction of sp³-hybridized carbons (Fsp3) is 0.391. The Morgan fingerprint density at radius 2 is 1.65 bits per heavy atom. The van der Waals surface area contributed by atoms with Crippen molar-refractivity contribution in [2.24, 2.45) is 0 Å². The minimum Gasteiger partial charge on any atom is -0.345 e. The van der Waals surface area contributed by atoms with Crippen LogP contribution in [0.15, 0.2) is 35.2 Å². The molecule has 8 heteroatoms. The summed E-state index contributed by atoms with van der Waals surface area (Å²) in [6.45, 7) is 8.37. The van der Waals surface area contributed by atoms with E-state index in [0.29, 0.717) is 28.3 Å². The Bertz CT molecular complexity index is 1240. The van der Waals surface area contributed by atoms with Crippen LogP contribution in [0.4, 0.5) is 0 Å². The van der Waals surface area contributed by atoms with Crippen molar-refractivity contribution in [1.82, 2.24) is 18.8 Å². The summed E-state index contributed by atoms with van der Waals surface area (Å²) < 4.78 is 30.1. The summed E-state index contributed by atoms with van der Waals surface area (Å²) in [5.74, 6) is 0.542. The number of rotatable bonds is 6. The number of hydrogen-bond donors (Lipinski definition) is 0. The predicted octanol–water partition coefficient (Wildman–Crippen LogP) is 3.50. The topological polar surface area (TPSA) is 75.5 Å². The van der Waals surface area contributed by atoms with Gasteiger partial charge in [-0.05, 0) is 57.0 Å². The van der Waals surface area contributed by atoms with Crippen molar-refractivity contribution < 1.29 is 13.2 Å². The van der Waals surface area contributed by atoms with E-state index in [1.807, 2.05) is 50.5 Å². The van der Waals surface area contributed by atoms with E-state index in [9.17, 15) is 13.2 Å². The summed E-state index contributed by atoms with van der Waals surface area (Å²) in [6, 6.07) is 9.18. The van der Waals surface area contributed by atoms with Gasteiger partial charge in [-0.25, -0.2) is 13.4 Å². The van der Waals surface area contributed by atoms with Gasteiger partial charge in [-0.15, -0.1) is 0 Å². The molecule has 0 fully saturated rings. The third kappa shape index (κ3) is 4.22. The highest BCUT2D eigenvalue weighted by Crippen LogP contribution is 2.26. The van der Waals surface area contributed by atoms with Crippen LogP contribution in [0.2, 0.25) is 0 Å². The van der Waals surface area contributed by atoms with E-state index in [2.05, 4.69) is 4.98 Å². The van der Waals surface area contributed by atoms with E-state index in [1.165, 1.54) is 9.21 Å². The first-order valence-electron chi connectivity index (χ1n) is 10.2. The van der Waals surface area contributed by atoms with Gasteiger partial charge in [0.05, 0.1) is 22.5 Å². The van der Waals surface area contributed by atoms with E-state index < -0.39 is 10.0 Å². The monoisotopic (exact) mass is 442 g/mol. The number of sulfonamides is 1. The van der Waals surface area contributed by atoms with Gasteiger partial charge in [0.2, 0.25) is 10.0 Å². The number of hydrogen-bond acceptors (Lipinski definition) is 4. The molecular formula is C23H30N4O3S. The summed E-state index contributed by atoms with van der Waals surface area (Å²) in [5, 5.41) is 0. The fourth-order valence-corrected chi connectivity index (χ4v) is 5.59. The highest BCUT2D eigenvalue weighted by atomic mass is 32.2. The third-order valence-electron chi connectivity index (χ3n) is 5.43. The molecule has 0 aliphatic rings. The van der Waals surface area contributed by atoms with Gasteiger partial charge < -0.3 is 9.47 Å². The molecule has 1 amide bonds. The van der Waals surface area contributed by atoms with Crippen molar-refractivity contribution in [3.05, 3.63) is 58.4 Å². The highest BCUT2D eigenvalue weighted by molar-refractivity contribution is 7.89. The van der Waals surface area contributed by atoms with Gasteiger partial charge >= 0.3 is 0 Å². The van der Waals surface area contributed by atoms with Crippen LogP contribution in [-0.4, -0.2) is 54.2 Å². The highest BCUT2D eigenvalue weighted by Gasteiger charge is 2.27. The van der Waals surface area contributed by atoms with Crippen LogP contribution in [0.3, 0.4) is 0 Å². The van der Waals surface area contributed by atoms with E-state index in [4.69, 9.17) is 0 Å². The smallest absolute Gasteiger partial charge is 0.253 e. The molecule has 0 aliphatic heterocycles. The van der Waals surface area contributed by atoms with Crippen molar-refractivity contribution in [1.29, 1.82) is 0 Å². The van der Waals surface area contributed by atoms with E-state index in [-0.39, 0.29) is 12.5 Å². The van der Waals surface area contributed by atoms with Gasteiger partial charge in [-0.1, -0.05) is 17.7 Å². The number of nitrogens with zero attached hydrogens (tertiary/aromatic N) is 4. The number of carbonyl (C=O) groups excluding carboxylic acids is 1. The molecule has 7 nitrogen and oxygen atoms in total. The van der Waals surface area contributed by atoms with Gasteiger partial charge in [0.25, 0.3) is 5.91 Å². The molecule has 0 N–H and O–H groups in total. The Hall–Kier alpha value is -2.71. The van der Waals surface area contributed by atoms with Crippen molar-refractivity contribution >= 4 is 27.0 Å². The molecule has 1 heterocycles. The largest absolute Gasteiger partial charge is 0.345 e. The Kier molecular flexibility index (Phi) is 6.25. The second-order valence-corrected chi connectivity index (χ2v) is 10.1. The minimum atomic E-state index is -3.69. The maximum atomic E-state index is 13.4. The molecule has 3 rings (SSSR count). The molecule has 2 aromatic carbocycles. The van der Waals surface area contributed by atoms with Gasteiger partial charge in [-0.2, -0.15) is 4.31 Å². The third-order valence-corrected chi connectivity index (χ3v) is 7.54. The van der Waals surface area contributed by atoms with Crippen LogP contribution in [0.1, 0.15) is 39.8 Å². The molecule has 0 saturated heterocycles. The Morgan fingerprint density at radius 3 is 2.19 bits per heavy atom. The van der Waals surface area contributed by atoms with Crippen LogP contribution in [0.25, 0.3) is 11.0 Å². The van der Waals surface area contributed by atoms with Crippen LogP contribution in [0.5, 0.6) is 0 Å². The predicted molar refractivity (Wildman–Crippen MR) is 123 cm³/mol. The zero-order valence-electron chi connectivity index (χ0n) is 19.2. The van der Waals surface area contributed by atoms with Crippen molar-refractivity contribution in [3.8, 4) is 0 Å². The average Bonchev–Trinajstić information content (AvgIpc) is 3.02. The lowest BCUT2D eigenvalue weighted by Crippen LogP contribution is -2.29. The minimum absolute atomic E-state index is 0.0977. The van der Waals surface area contributed by atoms with Gasteiger partial charge in [-0.3, -0.25) is 4.79 Å². The molecule has 0 bridgehead atoms. The number of aromatic nitrogens is 2. The molecule has 0 saturated carbocycles. The zero-order chi connectivity index (χ0) is 23.1. The molecule has 0 unspecified atom stereocenters. The standard InChI is InChI=1S/C23H30N4O3S/c1-8-27-20-10-9-18(23(28)25(5)6)13-19(20)24-21(27)14-26(7)31(29,30)22-16(3)11-15(2)12-17(22)4/h9-13H,8,14H2,1-7H3. The normalized spacial score (nSPS) is 12.0. The number of fused-ring (bicyclic) bond motifs is 1. The first-order chi connectivity index (χ1) is 14.5. The second kappa shape index (κ2) is 8.43. The summed E-state index contributed by atoms with van der Waals surface area (Å²) in [5.41, 5.74) is 4.61. The summed E-state index contributed by atoms with van der Waals surface area (Å²) >= 11 is 0. The van der Waals surface area contributed by atoms with Crippen LogP contribution in [0, 0.1) is 20.8 Å². The first kappa shape index (κ1) is 23.0. The van der Waals surface area contributed by atoms with Crippen LogP contribution in [-0.2, 0) is 23.1 Å². The molecule has 0 aliphatic carbocycles. The van der Waals surface area contributed by atoms with Crippen molar-refractivity contribution in [2.75, 3.05) is 21.1 Å². The first-order valence-corrected chi connectivity index (χ1v) is 11.7. The molecular weight excluding hydrogens is 412 g/mol. The molecule has 1 aromatic heterocycles. The molecule has 0 atom stereocenters. The summed E-state index contributed by atoms with van der Waals surface area (Å²) in [6.07, 6.45) is 0. The molecule has 0 spiro atoms. The quantitative estimate of drug-likeness (QED) is 0.586. The molecule has 0 radical (unpaired) electrons. The number of aryl methyl sites for hydroxylation is 4. The van der Waals surface area contributed by atoms with Crippen molar-refractivity contribution in [2.45, 2.75) is 45.7 Å². The number of benzene rings is 2. The Labute approximate surface area is 184 Å².